The quantitative estimate of drug-likeness (QED) is 0.710. The van der Waals surface area contributed by atoms with Gasteiger partial charge in [-0.3, -0.25) is 4.79 Å². The molecular weight excluding hydrogens is 204 g/mol. The molecule has 0 spiro atoms. The molecule has 0 saturated carbocycles. The first kappa shape index (κ1) is 8.90. The topological polar surface area (TPSA) is 56.0 Å². The van der Waals surface area contributed by atoms with Crippen LogP contribution in [0.15, 0.2) is 28.7 Å². The average molecular weight is 209 g/mol. The van der Waals surface area contributed by atoms with E-state index in [1.54, 1.807) is 24.3 Å². The zero-order valence-electron chi connectivity index (χ0n) is 6.98. The van der Waals surface area contributed by atoms with Gasteiger partial charge in [0.2, 0.25) is 12.2 Å². The summed E-state index contributed by atoms with van der Waals surface area (Å²) in [5.41, 5.74) is 0.620. The zero-order chi connectivity index (χ0) is 9.97. The van der Waals surface area contributed by atoms with E-state index in [-0.39, 0.29) is 11.8 Å². The highest BCUT2D eigenvalue weighted by Gasteiger charge is 2.10. The second-order valence-corrected chi connectivity index (χ2v) is 2.95. The molecule has 4 nitrogen and oxygen atoms in total. The third-order valence-electron chi connectivity index (χ3n) is 1.65. The largest absolute Gasteiger partial charge is 0.414 e. The van der Waals surface area contributed by atoms with Gasteiger partial charge < -0.3 is 4.42 Å². The van der Waals surface area contributed by atoms with E-state index >= 15 is 0 Å². The Bertz CT molecular complexity index is 467. The van der Waals surface area contributed by atoms with Crippen LogP contribution in [0.5, 0.6) is 0 Å². The van der Waals surface area contributed by atoms with Crippen LogP contribution in [0, 0.1) is 0 Å². The minimum atomic E-state index is -0.0556. The van der Waals surface area contributed by atoms with Crippen molar-refractivity contribution in [1.29, 1.82) is 0 Å². The molecule has 0 radical (unpaired) electrons. The van der Waals surface area contributed by atoms with Gasteiger partial charge in [0.1, 0.15) is 0 Å². The first-order chi connectivity index (χ1) is 6.81. The molecule has 14 heavy (non-hydrogen) atoms. The van der Waals surface area contributed by atoms with E-state index in [1.807, 2.05) is 0 Å². The van der Waals surface area contributed by atoms with Crippen LogP contribution in [-0.2, 0) is 0 Å². The second kappa shape index (κ2) is 3.59. The van der Waals surface area contributed by atoms with Crippen molar-refractivity contribution >= 4 is 17.9 Å². The van der Waals surface area contributed by atoms with Crippen LogP contribution in [0.25, 0.3) is 11.5 Å². The molecule has 0 bridgehead atoms. The average Bonchev–Trinajstić information content (AvgIpc) is 2.67. The van der Waals surface area contributed by atoms with E-state index in [1.165, 1.54) is 0 Å². The van der Waals surface area contributed by atoms with Gasteiger partial charge in [-0.1, -0.05) is 23.7 Å². The third kappa shape index (κ3) is 1.52. The molecule has 2 aromatic rings. The summed E-state index contributed by atoms with van der Waals surface area (Å²) >= 11 is 5.90. The molecule has 0 N–H and O–H groups in total. The third-order valence-corrected chi connectivity index (χ3v) is 1.98. The molecule has 70 valence electrons. The van der Waals surface area contributed by atoms with Crippen molar-refractivity contribution in [2.75, 3.05) is 0 Å². The van der Waals surface area contributed by atoms with Gasteiger partial charge in [-0.25, -0.2) is 0 Å². The fourth-order valence-electron chi connectivity index (χ4n) is 1.03. The number of hydrogen-bond donors (Lipinski definition) is 0. The van der Waals surface area contributed by atoms with E-state index in [0.717, 1.165) is 0 Å². The zero-order valence-corrected chi connectivity index (χ0v) is 7.73. The minimum Gasteiger partial charge on any atom is -0.414 e. The Labute approximate surface area is 84.5 Å². The van der Waals surface area contributed by atoms with Crippen LogP contribution < -0.4 is 0 Å². The van der Waals surface area contributed by atoms with Crippen molar-refractivity contribution in [1.82, 2.24) is 10.2 Å². The van der Waals surface area contributed by atoms with Gasteiger partial charge in [0.05, 0.1) is 10.6 Å². The maximum atomic E-state index is 10.3. The predicted octanol–water partition coefficient (Wildman–Crippen LogP) is 2.20. The van der Waals surface area contributed by atoms with Crippen LogP contribution in [0.4, 0.5) is 0 Å². The predicted molar refractivity (Wildman–Crippen MR) is 50.1 cm³/mol. The van der Waals surface area contributed by atoms with Crippen LogP contribution in [0.3, 0.4) is 0 Å². The molecule has 0 fully saturated rings. The summed E-state index contributed by atoms with van der Waals surface area (Å²) in [6.45, 7) is 0. The summed E-state index contributed by atoms with van der Waals surface area (Å²) < 4.78 is 5.02. The Hall–Kier alpha value is -1.68. The fourth-order valence-corrected chi connectivity index (χ4v) is 1.24. The van der Waals surface area contributed by atoms with E-state index in [2.05, 4.69) is 10.2 Å². The van der Waals surface area contributed by atoms with E-state index in [4.69, 9.17) is 16.0 Å². The summed E-state index contributed by atoms with van der Waals surface area (Å²) in [5, 5.41) is 7.70. The molecule has 1 aromatic heterocycles. The number of benzene rings is 1. The molecule has 0 aliphatic rings. The van der Waals surface area contributed by atoms with Gasteiger partial charge >= 0.3 is 0 Å². The minimum absolute atomic E-state index is 0.0556. The Morgan fingerprint density at radius 2 is 2.07 bits per heavy atom. The summed E-state index contributed by atoms with van der Waals surface area (Å²) in [7, 11) is 0. The molecule has 2 rings (SSSR count). The van der Waals surface area contributed by atoms with E-state index < -0.39 is 0 Å². The number of aldehydes is 1. The van der Waals surface area contributed by atoms with Crippen LogP contribution in [0.2, 0.25) is 5.02 Å². The lowest BCUT2D eigenvalue weighted by atomic mass is 10.2. The van der Waals surface area contributed by atoms with Crippen molar-refractivity contribution in [3.05, 3.63) is 35.2 Å². The number of carbonyl (C=O) groups is 1. The van der Waals surface area contributed by atoms with Crippen molar-refractivity contribution in [3.63, 3.8) is 0 Å². The molecule has 1 aromatic carbocycles. The lowest BCUT2D eigenvalue weighted by Crippen LogP contribution is -1.78. The van der Waals surface area contributed by atoms with Crippen molar-refractivity contribution < 1.29 is 9.21 Å². The van der Waals surface area contributed by atoms with Crippen molar-refractivity contribution in [2.24, 2.45) is 0 Å². The van der Waals surface area contributed by atoms with Crippen LogP contribution >= 0.6 is 11.6 Å². The first-order valence-corrected chi connectivity index (χ1v) is 4.22. The monoisotopic (exact) mass is 208 g/mol. The maximum Gasteiger partial charge on any atom is 0.280 e. The standard InChI is InChI=1S/C9H5ClN2O2/c10-7-4-2-1-3-6(7)9-12-11-8(5-13)14-9/h1-5H. The highest BCUT2D eigenvalue weighted by atomic mass is 35.5. The molecule has 5 heteroatoms. The summed E-state index contributed by atoms with van der Waals surface area (Å²) in [5.74, 6) is 0.192. The number of halogens is 1. The number of carbonyl (C=O) groups excluding carboxylic acids is 1. The lowest BCUT2D eigenvalue weighted by Gasteiger charge is -1.95. The Morgan fingerprint density at radius 3 is 2.71 bits per heavy atom. The highest BCUT2D eigenvalue weighted by Crippen LogP contribution is 2.25. The van der Waals surface area contributed by atoms with Crippen LogP contribution in [0.1, 0.15) is 10.7 Å². The van der Waals surface area contributed by atoms with Gasteiger partial charge in [0.15, 0.2) is 0 Å². The Kier molecular flexibility index (Phi) is 2.28. The number of rotatable bonds is 2. The van der Waals surface area contributed by atoms with E-state index in [9.17, 15) is 4.79 Å². The molecule has 0 aliphatic carbocycles. The summed E-state index contributed by atoms with van der Waals surface area (Å²) in [6.07, 6.45) is 0.493. The smallest absolute Gasteiger partial charge is 0.280 e. The SMILES string of the molecule is O=Cc1nnc(-c2ccccc2Cl)o1. The van der Waals surface area contributed by atoms with Gasteiger partial charge in [-0.2, -0.15) is 0 Å². The van der Waals surface area contributed by atoms with Gasteiger partial charge in [0.25, 0.3) is 5.89 Å². The number of aromatic nitrogens is 2. The number of hydrogen-bond acceptors (Lipinski definition) is 4. The number of nitrogens with zero attached hydrogens (tertiary/aromatic N) is 2. The lowest BCUT2D eigenvalue weighted by molar-refractivity contribution is 0.109. The maximum absolute atomic E-state index is 10.3. The summed E-state index contributed by atoms with van der Waals surface area (Å²) in [6, 6.07) is 7.04. The van der Waals surface area contributed by atoms with Gasteiger partial charge in [-0.15, -0.1) is 10.2 Å². The Balaban J connectivity index is 2.49. The molecule has 0 atom stereocenters. The van der Waals surface area contributed by atoms with Crippen molar-refractivity contribution in [2.45, 2.75) is 0 Å². The van der Waals surface area contributed by atoms with Gasteiger partial charge in [0, 0.05) is 0 Å². The highest BCUT2D eigenvalue weighted by molar-refractivity contribution is 6.33. The molecule has 0 saturated heterocycles. The fraction of sp³-hybridized carbons (Fsp3) is 0. The van der Waals surface area contributed by atoms with Crippen molar-refractivity contribution in [3.8, 4) is 11.5 Å². The first-order valence-electron chi connectivity index (χ1n) is 3.85. The molecular formula is C9H5ClN2O2. The molecule has 1 heterocycles. The van der Waals surface area contributed by atoms with Crippen LogP contribution in [-0.4, -0.2) is 16.5 Å². The van der Waals surface area contributed by atoms with E-state index in [0.29, 0.717) is 16.9 Å². The van der Waals surface area contributed by atoms with Gasteiger partial charge in [-0.05, 0) is 12.1 Å². The normalized spacial score (nSPS) is 10.1. The molecule has 0 amide bonds. The summed E-state index contributed by atoms with van der Waals surface area (Å²) in [4.78, 5) is 10.3. The Morgan fingerprint density at radius 1 is 1.29 bits per heavy atom. The second-order valence-electron chi connectivity index (χ2n) is 2.54. The molecule has 0 aliphatic heterocycles. The molecule has 0 unspecified atom stereocenters.